The van der Waals surface area contributed by atoms with Crippen molar-refractivity contribution in [3.05, 3.63) is 35.6 Å². The Hall–Kier alpha value is -1.42. The van der Waals surface area contributed by atoms with Crippen molar-refractivity contribution >= 4 is 5.97 Å². The van der Waals surface area contributed by atoms with E-state index in [1.807, 2.05) is 0 Å². The minimum Gasteiger partial charge on any atom is -0.480 e. The van der Waals surface area contributed by atoms with Gasteiger partial charge in [-0.15, -0.1) is 0 Å². The van der Waals surface area contributed by atoms with Crippen molar-refractivity contribution in [1.82, 2.24) is 4.90 Å². The molecule has 3 nitrogen and oxygen atoms in total. The normalized spacial score (nSPS) is 14.8. The Kier molecular flexibility index (Phi) is 3.65. The molecular weight excluding hydrogens is 209 g/mol. The predicted molar refractivity (Wildman–Crippen MR) is 59.7 cm³/mol. The summed E-state index contributed by atoms with van der Waals surface area (Å²) >= 11 is 0. The number of nitrogens with zero attached hydrogens (tertiary/aromatic N) is 1. The third kappa shape index (κ3) is 1.80. The molecule has 0 spiro atoms. The minimum atomic E-state index is -1.30. The maximum absolute atomic E-state index is 13.7. The van der Waals surface area contributed by atoms with Crippen molar-refractivity contribution in [2.24, 2.45) is 0 Å². The summed E-state index contributed by atoms with van der Waals surface area (Å²) in [6.07, 6.45) is 0.302. The largest absolute Gasteiger partial charge is 0.480 e. The topological polar surface area (TPSA) is 40.5 Å². The lowest BCUT2D eigenvalue weighted by molar-refractivity contribution is -0.151. The van der Waals surface area contributed by atoms with E-state index < -0.39 is 17.3 Å². The first-order valence-corrected chi connectivity index (χ1v) is 5.12. The average molecular weight is 225 g/mol. The predicted octanol–water partition coefficient (Wildman–Crippen LogP) is 2.08. The van der Waals surface area contributed by atoms with Crippen LogP contribution in [0.3, 0.4) is 0 Å². The van der Waals surface area contributed by atoms with Crippen LogP contribution in [0.2, 0.25) is 0 Å². The molecule has 88 valence electrons. The zero-order chi connectivity index (χ0) is 12.3. The Balaban J connectivity index is 3.43. The van der Waals surface area contributed by atoms with Crippen molar-refractivity contribution < 1.29 is 14.3 Å². The van der Waals surface area contributed by atoms with E-state index in [1.54, 1.807) is 33.2 Å². The number of halogens is 1. The molecule has 0 aliphatic carbocycles. The number of rotatable bonds is 4. The van der Waals surface area contributed by atoms with E-state index in [-0.39, 0.29) is 5.56 Å². The van der Waals surface area contributed by atoms with Crippen molar-refractivity contribution in [2.45, 2.75) is 18.9 Å². The molecular formula is C12H16FNO2. The number of benzene rings is 1. The lowest BCUT2D eigenvalue weighted by Crippen LogP contribution is -2.48. The number of aliphatic carboxylic acids is 1. The van der Waals surface area contributed by atoms with E-state index in [4.69, 9.17) is 0 Å². The van der Waals surface area contributed by atoms with Crippen molar-refractivity contribution in [3.8, 4) is 0 Å². The molecule has 0 heterocycles. The second kappa shape index (κ2) is 4.61. The van der Waals surface area contributed by atoms with Gasteiger partial charge in [0.25, 0.3) is 0 Å². The van der Waals surface area contributed by atoms with Crippen LogP contribution >= 0.6 is 0 Å². The summed E-state index contributed by atoms with van der Waals surface area (Å²) in [5, 5.41) is 9.36. The summed E-state index contributed by atoms with van der Waals surface area (Å²) < 4.78 is 13.7. The molecule has 1 unspecified atom stereocenters. The Morgan fingerprint density at radius 1 is 1.44 bits per heavy atom. The Bertz CT molecular complexity index is 392. The fraction of sp³-hybridized carbons (Fsp3) is 0.417. The Labute approximate surface area is 94.5 Å². The van der Waals surface area contributed by atoms with Gasteiger partial charge < -0.3 is 5.11 Å². The molecule has 0 bridgehead atoms. The van der Waals surface area contributed by atoms with E-state index in [2.05, 4.69) is 0 Å². The third-order valence-electron chi connectivity index (χ3n) is 2.95. The molecule has 1 rings (SSSR count). The molecule has 1 N–H and O–H groups in total. The minimum absolute atomic E-state index is 0.204. The molecule has 0 aliphatic rings. The van der Waals surface area contributed by atoms with Gasteiger partial charge in [-0.05, 0) is 26.6 Å². The summed E-state index contributed by atoms with van der Waals surface area (Å²) in [5.74, 6) is -1.52. The van der Waals surface area contributed by atoms with E-state index in [1.165, 1.54) is 17.0 Å². The first kappa shape index (κ1) is 12.6. The average Bonchev–Trinajstić information content (AvgIpc) is 2.21. The SMILES string of the molecule is CCC(C(=O)O)(c1ccccc1F)N(C)C. The Morgan fingerprint density at radius 2 is 2.00 bits per heavy atom. The second-order valence-corrected chi connectivity index (χ2v) is 3.89. The van der Waals surface area contributed by atoms with Gasteiger partial charge in [0.1, 0.15) is 11.4 Å². The van der Waals surface area contributed by atoms with Crippen LogP contribution in [0.5, 0.6) is 0 Å². The molecule has 0 fully saturated rings. The van der Waals surface area contributed by atoms with Crippen LogP contribution in [-0.2, 0) is 10.3 Å². The van der Waals surface area contributed by atoms with Crippen molar-refractivity contribution in [3.63, 3.8) is 0 Å². The number of likely N-dealkylation sites (N-methyl/N-ethyl adjacent to an activating group) is 1. The van der Waals surface area contributed by atoms with Crippen molar-refractivity contribution in [2.75, 3.05) is 14.1 Å². The van der Waals surface area contributed by atoms with E-state index in [0.717, 1.165) is 0 Å². The van der Waals surface area contributed by atoms with Gasteiger partial charge in [-0.2, -0.15) is 0 Å². The highest BCUT2D eigenvalue weighted by atomic mass is 19.1. The highest BCUT2D eigenvalue weighted by Gasteiger charge is 2.42. The lowest BCUT2D eigenvalue weighted by Gasteiger charge is -2.35. The van der Waals surface area contributed by atoms with Gasteiger partial charge in [0.2, 0.25) is 0 Å². The van der Waals surface area contributed by atoms with Crippen LogP contribution < -0.4 is 0 Å². The molecule has 1 aromatic carbocycles. The Morgan fingerprint density at radius 3 is 2.38 bits per heavy atom. The maximum Gasteiger partial charge on any atom is 0.328 e. The first-order valence-electron chi connectivity index (χ1n) is 5.12. The van der Waals surface area contributed by atoms with Crippen LogP contribution in [0.4, 0.5) is 4.39 Å². The first-order chi connectivity index (χ1) is 7.46. The second-order valence-electron chi connectivity index (χ2n) is 3.89. The number of carboxylic acid groups (broad SMARTS) is 1. The van der Waals surface area contributed by atoms with Gasteiger partial charge >= 0.3 is 5.97 Å². The van der Waals surface area contributed by atoms with Crippen LogP contribution in [0.15, 0.2) is 24.3 Å². The van der Waals surface area contributed by atoms with Gasteiger partial charge in [0.05, 0.1) is 0 Å². The van der Waals surface area contributed by atoms with Gasteiger partial charge in [-0.1, -0.05) is 25.1 Å². The number of carboxylic acids is 1. The van der Waals surface area contributed by atoms with Gasteiger partial charge in [0, 0.05) is 5.56 Å². The van der Waals surface area contributed by atoms with E-state index >= 15 is 0 Å². The molecule has 0 saturated carbocycles. The summed E-state index contributed by atoms with van der Waals surface area (Å²) in [6, 6.07) is 6.01. The van der Waals surface area contributed by atoms with Crippen LogP contribution in [0, 0.1) is 5.82 Å². The van der Waals surface area contributed by atoms with Crippen molar-refractivity contribution in [1.29, 1.82) is 0 Å². The monoisotopic (exact) mass is 225 g/mol. The fourth-order valence-electron chi connectivity index (χ4n) is 2.00. The maximum atomic E-state index is 13.7. The summed E-state index contributed by atoms with van der Waals surface area (Å²) in [5.41, 5.74) is -1.10. The number of carbonyl (C=O) groups is 1. The van der Waals surface area contributed by atoms with E-state index in [0.29, 0.717) is 6.42 Å². The molecule has 1 aromatic rings. The third-order valence-corrected chi connectivity index (χ3v) is 2.95. The molecule has 4 heteroatoms. The number of hydrogen-bond donors (Lipinski definition) is 1. The standard InChI is InChI=1S/C12H16FNO2/c1-4-12(11(15)16,14(2)3)9-7-5-6-8-10(9)13/h5-8H,4H2,1-3H3,(H,15,16). The zero-order valence-electron chi connectivity index (χ0n) is 9.70. The lowest BCUT2D eigenvalue weighted by atomic mass is 9.85. The smallest absolute Gasteiger partial charge is 0.328 e. The summed E-state index contributed by atoms with van der Waals surface area (Å²) in [4.78, 5) is 13.0. The van der Waals surface area contributed by atoms with Gasteiger partial charge in [-0.3, -0.25) is 4.90 Å². The molecule has 0 aromatic heterocycles. The highest BCUT2D eigenvalue weighted by Crippen LogP contribution is 2.32. The van der Waals surface area contributed by atoms with Crippen LogP contribution in [-0.4, -0.2) is 30.1 Å². The molecule has 0 aliphatic heterocycles. The summed E-state index contributed by atoms with van der Waals surface area (Å²) in [6.45, 7) is 1.74. The zero-order valence-corrected chi connectivity index (χ0v) is 9.70. The molecule has 0 radical (unpaired) electrons. The quantitative estimate of drug-likeness (QED) is 0.852. The van der Waals surface area contributed by atoms with Gasteiger partial charge in [0.15, 0.2) is 0 Å². The molecule has 1 atom stereocenters. The number of hydrogen-bond acceptors (Lipinski definition) is 2. The van der Waals surface area contributed by atoms with Gasteiger partial charge in [-0.25, -0.2) is 9.18 Å². The highest BCUT2D eigenvalue weighted by molar-refractivity contribution is 5.80. The van der Waals surface area contributed by atoms with E-state index in [9.17, 15) is 14.3 Å². The molecule has 0 saturated heterocycles. The molecule has 0 amide bonds. The van der Waals surface area contributed by atoms with Crippen LogP contribution in [0.25, 0.3) is 0 Å². The molecule has 16 heavy (non-hydrogen) atoms. The van der Waals surface area contributed by atoms with Crippen LogP contribution in [0.1, 0.15) is 18.9 Å². The summed E-state index contributed by atoms with van der Waals surface area (Å²) in [7, 11) is 3.29. The fourth-order valence-corrected chi connectivity index (χ4v) is 2.00.